The van der Waals surface area contributed by atoms with Crippen LogP contribution in [0.25, 0.3) is 0 Å². The molecule has 1 aliphatic heterocycles. The fourth-order valence-electron chi connectivity index (χ4n) is 2.12. The third-order valence-electron chi connectivity index (χ3n) is 3.28. The molecule has 9 heteroatoms. The van der Waals surface area contributed by atoms with Gasteiger partial charge in [0.1, 0.15) is 5.75 Å². The maximum Gasteiger partial charge on any atom is 0.344 e. The second-order valence-corrected chi connectivity index (χ2v) is 5.00. The number of rotatable bonds is 6. The highest BCUT2D eigenvalue weighted by atomic mass is 16.6. The Balaban J connectivity index is 1.88. The predicted octanol–water partition coefficient (Wildman–Crippen LogP) is -0.352. The van der Waals surface area contributed by atoms with Crippen LogP contribution >= 0.6 is 0 Å². The molecule has 9 nitrogen and oxygen atoms in total. The summed E-state index contributed by atoms with van der Waals surface area (Å²) in [6.07, 6.45) is -1.13. The number of carbonyl (C=O) groups is 4. The second kappa shape index (κ2) is 7.44. The van der Waals surface area contributed by atoms with Gasteiger partial charge in [-0.25, -0.2) is 9.59 Å². The van der Waals surface area contributed by atoms with E-state index in [1.807, 2.05) is 0 Å². The first-order valence-electron chi connectivity index (χ1n) is 7.20. The number of benzene rings is 1. The molecular weight excluding hydrogens is 318 g/mol. The summed E-state index contributed by atoms with van der Waals surface area (Å²) in [5.74, 6) is -1.98. The van der Waals surface area contributed by atoms with Crippen LogP contribution in [0, 0.1) is 0 Å². The molecule has 1 aliphatic rings. The van der Waals surface area contributed by atoms with Crippen LogP contribution in [0.2, 0.25) is 0 Å². The summed E-state index contributed by atoms with van der Waals surface area (Å²) < 4.78 is 10.2. The minimum Gasteiger partial charge on any atom is -0.481 e. The first kappa shape index (κ1) is 17.3. The van der Waals surface area contributed by atoms with Gasteiger partial charge in [0.15, 0.2) is 12.7 Å². The van der Waals surface area contributed by atoms with E-state index in [1.165, 1.54) is 19.1 Å². The number of hydrogen-bond donors (Lipinski definition) is 2. The van der Waals surface area contributed by atoms with Crippen molar-refractivity contribution in [2.24, 2.45) is 5.73 Å². The lowest BCUT2D eigenvalue weighted by molar-refractivity contribution is -0.159. The number of amides is 4. The number of hydrogen-bond acceptors (Lipinski definition) is 6. The Morgan fingerprint density at radius 2 is 2.04 bits per heavy atom. The quantitative estimate of drug-likeness (QED) is 0.684. The Hall–Kier alpha value is -3.10. The maximum atomic E-state index is 12.0. The van der Waals surface area contributed by atoms with Gasteiger partial charge in [-0.1, -0.05) is 12.1 Å². The number of para-hydroxylation sites is 1. The van der Waals surface area contributed by atoms with Crippen molar-refractivity contribution in [3.8, 4) is 5.75 Å². The molecule has 0 bridgehead atoms. The first-order valence-corrected chi connectivity index (χ1v) is 7.20. The average Bonchev–Trinajstić information content (AvgIpc) is 2.98. The van der Waals surface area contributed by atoms with Crippen LogP contribution in [0.5, 0.6) is 5.75 Å². The number of nitrogens with two attached hydrogens (primary N) is 1. The van der Waals surface area contributed by atoms with E-state index in [0.29, 0.717) is 6.54 Å². The highest BCUT2D eigenvalue weighted by Gasteiger charge is 2.31. The monoisotopic (exact) mass is 335 g/mol. The van der Waals surface area contributed by atoms with Crippen LogP contribution in [-0.4, -0.2) is 54.5 Å². The Labute approximate surface area is 137 Å². The van der Waals surface area contributed by atoms with E-state index >= 15 is 0 Å². The summed E-state index contributed by atoms with van der Waals surface area (Å²) in [7, 11) is 0. The van der Waals surface area contributed by atoms with E-state index in [2.05, 4.69) is 5.32 Å². The van der Waals surface area contributed by atoms with Crippen LogP contribution in [-0.2, 0) is 14.3 Å². The van der Waals surface area contributed by atoms with Gasteiger partial charge < -0.3 is 20.5 Å². The van der Waals surface area contributed by atoms with E-state index in [4.69, 9.17) is 15.2 Å². The van der Waals surface area contributed by atoms with Gasteiger partial charge >= 0.3 is 12.0 Å². The molecule has 0 spiro atoms. The van der Waals surface area contributed by atoms with Crippen LogP contribution in [0.3, 0.4) is 0 Å². The van der Waals surface area contributed by atoms with Gasteiger partial charge in [0, 0.05) is 13.1 Å². The van der Waals surface area contributed by atoms with E-state index < -0.39 is 36.5 Å². The zero-order valence-electron chi connectivity index (χ0n) is 13.0. The number of urea groups is 1. The number of nitrogens with zero attached hydrogens (tertiary/aromatic N) is 1. The number of ether oxygens (including phenoxy) is 2. The molecule has 1 aromatic carbocycles. The van der Waals surface area contributed by atoms with Gasteiger partial charge in [-0.15, -0.1) is 0 Å². The Morgan fingerprint density at radius 1 is 1.33 bits per heavy atom. The molecule has 128 valence electrons. The van der Waals surface area contributed by atoms with Crippen LogP contribution in [0.4, 0.5) is 4.79 Å². The Bertz CT molecular complexity index is 675. The van der Waals surface area contributed by atoms with Gasteiger partial charge in [0.05, 0.1) is 5.56 Å². The third kappa shape index (κ3) is 4.00. The molecule has 2 rings (SSSR count). The van der Waals surface area contributed by atoms with E-state index in [9.17, 15) is 19.2 Å². The molecule has 1 heterocycles. The second-order valence-electron chi connectivity index (χ2n) is 5.00. The molecule has 0 unspecified atom stereocenters. The lowest BCUT2D eigenvalue weighted by Gasteiger charge is -2.18. The molecule has 1 fully saturated rings. The normalized spacial score (nSPS) is 14.7. The van der Waals surface area contributed by atoms with Crippen LogP contribution in [0.15, 0.2) is 24.3 Å². The summed E-state index contributed by atoms with van der Waals surface area (Å²) in [5, 5.41) is 2.48. The molecule has 0 aromatic heterocycles. The zero-order chi connectivity index (χ0) is 17.7. The van der Waals surface area contributed by atoms with Crippen molar-refractivity contribution >= 4 is 23.8 Å². The highest BCUT2D eigenvalue weighted by Crippen LogP contribution is 2.17. The van der Waals surface area contributed by atoms with Gasteiger partial charge in [0.2, 0.25) is 0 Å². The number of carbonyl (C=O) groups excluding carboxylic acids is 4. The van der Waals surface area contributed by atoms with E-state index in [1.54, 1.807) is 12.1 Å². The largest absolute Gasteiger partial charge is 0.481 e. The van der Waals surface area contributed by atoms with E-state index in [0.717, 1.165) is 4.90 Å². The summed E-state index contributed by atoms with van der Waals surface area (Å²) in [6.45, 7) is 1.44. The predicted molar refractivity (Wildman–Crippen MR) is 81.1 cm³/mol. The van der Waals surface area contributed by atoms with Gasteiger partial charge in [-0.2, -0.15) is 0 Å². The van der Waals surface area contributed by atoms with Crippen molar-refractivity contribution in [3.05, 3.63) is 29.8 Å². The highest BCUT2D eigenvalue weighted by molar-refractivity contribution is 5.98. The van der Waals surface area contributed by atoms with Crippen LogP contribution < -0.4 is 15.8 Å². The van der Waals surface area contributed by atoms with Crippen molar-refractivity contribution in [1.29, 1.82) is 0 Å². The minimum atomic E-state index is -1.13. The molecule has 24 heavy (non-hydrogen) atoms. The Kier molecular flexibility index (Phi) is 5.35. The fourth-order valence-corrected chi connectivity index (χ4v) is 2.12. The topological polar surface area (TPSA) is 128 Å². The lowest BCUT2D eigenvalue weighted by Crippen LogP contribution is -2.42. The number of nitrogens with one attached hydrogen (secondary N) is 1. The van der Waals surface area contributed by atoms with Crippen molar-refractivity contribution in [2.45, 2.75) is 13.0 Å². The van der Waals surface area contributed by atoms with Crippen molar-refractivity contribution < 1.29 is 28.7 Å². The summed E-state index contributed by atoms with van der Waals surface area (Å²) in [5.41, 5.74) is 5.33. The number of esters is 1. The molecule has 0 aliphatic carbocycles. The molecule has 0 radical (unpaired) electrons. The molecule has 1 aromatic rings. The molecule has 0 saturated carbocycles. The molecule has 1 saturated heterocycles. The third-order valence-corrected chi connectivity index (χ3v) is 3.28. The van der Waals surface area contributed by atoms with Crippen LogP contribution in [0.1, 0.15) is 17.3 Å². The molecular formula is C15H17N3O6. The van der Waals surface area contributed by atoms with Gasteiger partial charge in [-0.05, 0) is 19.1 Å². The summed E-state index contributed by atoms with van der Waals surface area (Å²) in [6, 6.07) is 5.64. The van der Waals surface area contributed by atoms with Crippen molar-refractivity contribution in [1.82, 2.24) is 10.2 Å². The lowest BCUT2D eigenvalue weighted by atomic mass is 10.2. The average molecular weight is 335 g/mol. The smallest absolute Gasteiger partial charge is 0.344 e. The minimum absolute atomic E-state index is 0.128. The Morgan fingerprint density at radius 3 is 2.67 bits per heavy atom. The maximum absolute atomic E-state index is 12.0. The molecule has 3 N–H and O–H groups in total. The van der Waals surface area contributed by atoms with Crippen molar-refractivity contribution in [3.63, 3.8) is 0 Å². The fraction of sp³-hybridized carbons (Fsp3) is 0.333. The standard InChI is InChI=1S/C15H17N3O6/c1-9(14(21)18-7-6-17-15(18)22)24-12(19)8-23-11-5-3-2-4-10(11)13(16)20/h2-5,9H,6-8H2,1H3,(H2,16,20)(H,17,22)/t9-/m0/s1. The van der Waals surface area contributed by atoms with Gasteiger partial charge in [0.25, 0.3) is 11.8 Å². The number of primary amides is 1. The molecule has 4 amide bonds. The SMILES string of the molecule is C[C@H](OC(=O)COc1ccccc1C(N)=O)C(=O)N1CCNC1=O. The first-order chi connectivity index (χ1) is 11.4. The van der Waals surface area contributed by atoms with Gasteiger partial charge in [-0.3, -0.25) is 14.5 Å². The summed E-state index contributed by atoms with van der Waals surface area (Å²) in [4.78, 5) is 47.4. The zero-order valence-corrected chi connectivity index (χ0v) is 13.0. The molecule has 1 atom stereocenters. The summed E-state index contributed by atoms with van der Waals surface area (Å²) >= 11 is 0. The van der Waals surface area contributed by atoms with Crippen molar-refractivity contribution in [2.75, 3.05) is 19.7 Å². The number of imide groups is 1. The van der Waals surface area contributed by atoms with E-state index in [-0.39, 0.29) is 17.9 Å².